The number of thiazole rings is 1. The molecule has 0 spiro atoms. The number of fused-ring (bicyclic) bond motifs is 1. The lowest BCUT2D eigenvalue weighted by atomic mass is 10.2. The van der Waals surface area contributed by atoms with Gasteiger partial charge in [0.05, 0.1) is 17.3 Å². The zero-order chi connectivity index (χ0) is 21.8. The second kappa shape index (κ2) is 9.17. The van der Waals surface area contributed by atoms with E-state index in [0.29, 0.717) is 5.56 Å². The van der Waals surface area contributed by atoms with Gasteiger partial charge in [0.25, 0.3) is 5.91 Å². The van der Waals surface area contributed by atoms with Gasteiger partial charge < -0.3 is 14.2 Å². The molecule has 0 unspecified atom stereocenters. The van der Waals surface area contributed by atoms with E-state index in [0.717, 1.165) is 42.2 Å². The van der Waals surface area contributed by atoms with Gasteiger partial charge in [-0.25, -0.2) is 8.78 Å². The molecule has 6 nitrogen and oxygen atoms in total. The summed E-state index contributed by atoms with van der Waals surface area (Å²) in [5.74, 6) is -2.79. The van der Waals surface area contributed by atoms with Gasteiger partial charge in [-0.2, -0.15) is 4.99 Å². The van der Waals surface area contributed by atoms with Crippen molar-refractivity contribution in [2.24, 2.45) is 4.99 Å². The van der Waals surface area contributed by atoms with Crippen molar-refractivity contribution in [3.63, 3.8) is 0 Å². The molecule has 9 heteroatoms. The molecule has 0 aliphatic rings. The number of rotatable bonds is 6. The molecule has 30 heavy (non-hydrogen) atoms. The third-order valence-electron chi connectivity index (χ3n) is 4.65. The molecule has 0 radical (unpaired) electrons. The lowest BCUT2D eigenvalue weighted by Crippen LogP contribution is -2.23. The highest BCUT2D eigenvalue weighted by atomic mass is 32.1. The molecule has 0 saturated carbocycles. The normalized spacial score (nSPS) is 11.7. The average molecular weight is 433 g/mol. The largest absolute Gasteiger partial charge is 0.468 e. The number of aromatic nitrogens is 1. The molecule has 0 aliphatic carbocycles. The fourth-order valence-corrected chi connectivity index (χ4v) is 4.18. The number of carbonyl (C=O) groups is 2. The number of hydrogen-bond donors (Lipinski definition) is 0. The van der Waals surface area contributed by atoms with Crippen molar-refractivity contribution in [2.45, 2.75) is 20.4 Å². The van der Waals surface area contributed by atoms with Gasteiger partial charge in [0.15, 0.2) is 10.6 Å². The number of amides is 1. The molecule has 0 atom stereocenters. The summed E-state index contributed by atoms with van der Waals surface area (Å²) in [6.07, 6.45) is 0. The van der Waals surface area contributed by atoms with Crippen LogP contribution >= 0.6 is 11.3 Å². The smallest absolute Gasteiger partial charge is 0.325 e. The Balaban J connectivity index is 2.06. The maximum Gasteiger partial charge on any atom is 0.325 e. The van der Waals surface area contributed by atoms with Gasteiger partial charge in [-0.1, -0.05) is 11.3 Å². The zero-order valence-corrected chi connectivity index (χ0v) is 17.6. The molecule has 3 aromatic rings. The van der Waals surface area contributed by atoms with Crippen LogP contribution in [0, 0.1) is 11.6 Å². The van der Waals surface area contributed by atoms with Crippen molar-refractivity contribution in [1.82, 2.24) is 4.57 Å². The molecule has 2 aromatic carbocycles. The first-order chi connectivity index (χ1) is 14.4. The second-order valence-electron chi connectivity index (χ2n) is 6.42. The molecule has 0 fully saturated rings. The minimum atomic E-state index is -0.845. The molecular weight excluding hydrogens is 412 g/mol. The number of nitrogens with zero attached hydrogens (tertiary/aromatic N) is 3. The number of methoxy groups -OCH3 is 1. The summed E-state index contributed by atoms with van der Waals surface area (Å²) in [6.45, 7) is 5.41. The Labute approximate surface area is 176 Å². The van der Waals surface area contributed by atoms with E-state index >= 15 is 0 Å². The highest BCUT2D eigenvalue weighted by molar-refractivity contribution is 7.16. The summed E-state index contributed by atoms with van der Waals surface area (Å²) in [5.41, 5.74) is 1.33. The molecule has 158 valence electrons. The van der Waals surface area contributed by atoms with Gasteiger partial charge in [-0.15, -0.1) is 0 Å². The molecule has 1 amide bonds. The Morgan fingerprint density at radius 2 is 1.80 bits per heavy atom. The fraction of sp³-hybridized carbons (Fsp3) is 0.286. The van der Waals surface area contributed by atoms with Crippen molar-refractivity contribution in [3.8, 4) is 0 Å². The molecule has 0 saturated heterocycles. The van der Waals surface area contributed by atoms with Crippen LogP contribution in [-0.4, -0.2) is 36.6 Å². The molecule has 0 aliphatic heterocycles. The van der Waals surface area contributed by atoms with Crippen LogP contribution in [0.25, 0.3) is 10.2 Å². The van der Waals surface area contributed by atoms with Gasteiger partial charge >= 0.3 is 5.97 Å². The summed E-state index contributed by atoms with van der Waals surface area (Å²) in [4.78, 5) is 30.8. The lowest BCUT2D eigenvalue weighted by Gasteiger charge is -2.20. The van der Waals surface area contributed by atoms with E-state index in [1.54, 1.807) is 12.1 Å². The lowest BCUT2D eigenvalue weighted by molar-refractivity contribution is -0.141. The van der Waals surface area contributed by atoms with E-state index in [4.69, 9.17) is 0 Å². The first-order valence-electron chi connectivity index (χ1n) is 9.37. The van der Waals surface area contributed by atoms with Gasteiger partial charge in [0.2, 0.25) is 0 Å². The van der Waals surface area contributed by atoms with Crippen LogP contribution in [0.5, 0.6) is 0 Å². The number of anilines is 1. The number of carbonyl (C=O) groups excluding carboxylic acids is 2. The summed E-state index contributed by atoms with van der Waals surface area (Å²) in [6, 6.07) is 8.85. The molecule has 1 heterocycles. The van der Waals surface area contributed by atoms with Gasteiger partial charge in [0.1, 0.15) is 12.4 Å². The van der Waals surface area contributed by atoms with Crippen LogP contribution in [-0.2, 0) is 16.1 Å². The van der Waals surface area contributed by atoms with Gasteiger partial charge in [0, 0.05) is 30.4 Å². The van der Waals surface area contributed by atoms with Crippen molar-refractivity contribution >= 4 is 39.1 Å². The molecule has 0 bridgehead atoms. The Hall–Kier alpha value is -3.07. The van der Waals surface area contributed by atoms with E-state index in [1.165, 1.54) is 11.7 Å². The number of hydrogen-bond acceptors (Lipinski definition) is 5. The Morgan fingerprint density at radius 1 is 1.13 bits per heavy atom. The van der Waals surface area contributed by atoms with Crippen LogP contribution in [0.1, 0.15) is 24.2 Å². The van der Waals surface area contributed by atoms with Crippen molar-refractivity contribution in [2.75, 3.05) is 25.1 Å². The van der Waals surface area contributed by atoms with E-state index in [9.17, 15) is 18.4 Å². The first-order valence-corrected chi connectivity index (χ1v) is 10.2. The van der Waals surface area contributed by atoms with Gasteiger partial charge in [-0.3, -0.25) is 9.59 Å². The number of esters is 1. The van der Waals surface area contributed by atoms with Crippen molar-refractivity contribution in [1.29, 1.82) is 0 Å². The monoisotopic (exact) mass is 433 g/mol. The quantitative estimate of drug-likeness (QED) is 0.556. The van der Waals surface area contributed by atoms with Crippen LogP contribution < -0.4 is 9.70 Å². The molecule has 1 aromatic heterocycles. The van der Waals surface area contributed by atoms with E-state index in [1.807, 2.05) is 26.0 Å². The van der Waals surface area contributed by atoms with Crippen LogP contribution in [0.15, 0.2) is 41.4 Å². The maximum atomic E-state index is 14.4. The van der Waals surface area contributed by atoms with Crippen molar-refractivity contribution < 1.29 is 23.1 Å². The molecular formula is C21H21F2N3O3S. The number of ether oxygens (including phenoxy) is 1. The van der Waals surface area contributed by atoms with E-state index in [2.05, 4.69) is 14.6 Å². The third-order valence-corrected chi connectivity index (χ3v) is 5.68. The predicted octanol–water partition coefficient (Wildman–Crippen LogP) is 3.74. The van der Waals surface area contributed by atoms with Crippen LogP contribution in [0.4, 0.5) is 14.5 Å². The summed E-state index contributed by atoms with van der Waals surface area (Å²) in [5, 5.41) is 0. The average Bonchev–Trinajstić information content (AvgIpc) is 3.06. The maximum absolute atomic E-state index is 14.4. The minimum absolute atomic E-state index is 0.00442. The topological polar surface area (TPSA) is 63.9 Å². The second-order valence-corrected chi connectivity index (χ2v) is 7.43. The Bertz CT molecular complexity index is 1150. The van der Waals surface area contributed by atoms with E-state index in [-0.39, 0.29) is 21.6 Å². The Kier molecular flexibility index (Phi) is 6.61. The first kappa shape index (κ1) is 21.6. The standard InChI is InChI=1S/C21H21F2N3O3S/c1-4-25(5-2)15-8-6-13(7-9-15)20(28)24-21-26(12-18(27)29-3)19-16(23)10-14(22)11-17(19)30-21/h6-11H,4-5,12H2,1-3H3. The summed E-state index contributed by atoms with van der Waals surface area (Å²) >= 11 is 0.922. The number of halogens is 2. The van der Waals surface area contributed by atoms with Crippen LogP contribution in [0.2, 0.25) is 0 Å². The zero-order valence-electron chi connectivity index (χ0n) is 16.8. The van der Waals surface area contributed by atoms with Crippen LogP contribution in [0.3, 0.4) is 0 Å². The SMILES string of the molecule is CCN(CC)c1ccc(C(=O)N=c2sc3cc(F)cc(F)c3n2CC(=O)OC)cc1. The minimum Gasteiger partial charge on any atom is -0.468 e. The van der Waals surface area contributed by atoms with Crippen molar-refractivity contribution in [3.05, 3.63) is 58.4 Å². The van der Waals surface area contributed by atoms with Gasteiger partial charge in [-0.05, 0) is 44.2 Å². The summed E-state index contributed by atoms with van der Waals surface area (Å²) < 4.78 is 34.1. The Morgan fingerprint density at radius 3 is 2.40 bits per heavy atom. The predicted molar refractivity (Wildman–Crippen MR) is 112 cm³/mol. The highest BCUT2D eigenvalue weighted by Crippen LogP contribution is 2.23. The fourth-order valence-electron chi connectivity index (χ4n) is 3.11. The number of benzene rings is 2. The molecule has 3 rings (SSSR count). The third kappa shape index (κ3) is 4.40. The molecule has 0 N–H and O–H groups in total. The highest BCUT2D eigenvalue weighted by Gasteiger charge is 2.17. The summed E-state index contributed by atoms with van der Waals surface area (Å²) in [7, 11) is 1.20. The van der Waals surface area contributed by atoms with E-state index < -0.39 is 23.5 Å².